The Morgan fingerprint density at radius 3 is 1.56 bits per heavy atom. The second kappa shape index (κ2) is 34.9. The van der Waals surface area contributed by atoms with E-state index < -0.39 is 6.16 Å². The van der Waals surface area contributed by atoms with Crippen LogP contribution >= 0.6 is 0 Å². The Balaban J connectivity index is 0. The van der Waals surface area contributed by atoms with E-state index in [-0.39, 0.29) is 13.5 Å². The van der Waals surface area contributed by atoms with Gasteiger partial charge in [-0.15, -0.1) is 0 Å². The van der Waals surface area contributed by atoms with E-state index in [9.17, 15) is 4.79 Å². The standard InChI is InChI=1S/C36H69NO3.CH4/c1-5-7-9-11-13-15-17-18-19-20-21-23-25-27-29-32-35(40-36(38)39-34-30-33-37(3)4)31-28-26-24-22-16-14-12-10-8-6-2;/h13,15,18-19,35H,5-12,14,16-17,20-34H2,1-4H3;1H4/b15-13-,19-18-;. The van der Waals surface area contributed by atoms with Gasteiger partial charge in [-0.2, -0.15) is 0 Å². The molecule has 4 nitrogen and oxygen atoms in total. The van der Waals surface area contributed by atoms with Gasteiger partial charge in [-0.25, -0.2) is 4.79 Å². The van der Waals surface area contributed by atoms with Gasteiger partial charge in [0.05, 0.1) is 6.61 Å². The van der Waals surface area contributed by atoms with Crippen molar-refractivity contribution >= 4 is 6.16 Å². The summed E-state index contributed by atoms with van der Waals surface area (Å²) in [4.78, 5) is 14.4. The summed E-state index contributed by atoms with van der Waals surface area (Å²) in [5.74, 6) is 0. The topological polar surface area (TPSA) is 38.8 Å². The summed E-state index contributed by atoms with van der Waals surface area (Å²) in [6.45, 7) is 5.89. The van der Waals surface area contributed by atoms with Crippen LogP contribution in [0.4, 0.5) is 4.79 Å². The molecule has 1 atom stereocenters. The summed E-state index contributed by atoms with van der Waals surface area (Å²) in [7, 11) is 4.07. The molecule has 0 bridgehead atoms. The molecule has 0 aliphatic rings. The minimum absolute atomic E-state index is 0. The predicted octanol–water partition coefficient (Wildman–Crippen LogP) is 12.2. The van der Waals surface area contributed by atoms with E-state index in [4.69, 9.17) is 9.47 Å². The van der Waals surface area contributed by atoms with Crippen molar-refractivity contribution in [1.82, 2.24) is 4.90 Å². The van der Waals surface area contributed by atoms with Gasteiger partial charge in [0, 0.05) is 6.54 Å². The molecule has 0 amide bonds. The maximum absolute atomic E-state index is 12.3. The molecule has 0 aromatic carbocycles. The van der Waals surface area contributed by atoms with Gasteiger partial charge in [-0.05, 0) is 78.3 Å². The second-order valence-corrected chi connectivity index (χ2v) is 12.0. The van der Waals surface area contributed by atoms with Gasteiger partial charge in [0.2, 0.25) is 0 Å². The van der Waals surface area contributed by atoms with E-state index in [1.165, 1.54) is 116 Å². The van der Waals surface area contributed by atoms with Crippen molar-refractivity contribution in [2.45, 2.75) is 181 Å². The van der Waals surface area contributed by atoms with Gasteiger partial charge >= 0.3 is 6.16 Å². The molecular weight excluding hydrogens is 506 g/mol. The highest BCUT2D eigenvalue weighted by molar-refractivity contribution is 5.60. The Kier molecular flexibility index (Phi) is 35.6. The molecule has 0 aromatic heterocycles. The van der Waals surface area contributed by atoms with Crippen molar-refractivity contribution in [2.75, 3.05) is 27.2 Å². The molecule has 1 unspecified atom stereocenters. The van der Waals surface area contributed by atoms with E-state index in [2.05, 4.69) is 43.1 Å². The van der Waals surface area contributed by atoms with Crippen molar-refractivity contribution < 1.29 is 14.3 Å². The maximum Gasteiger partial charge on any atom is 0.508 e. The van der Waals surface area contributed by atoms with Crippen molar-refractivity contribution in [3.05, 3.63) is 24.3 Å². The van der Waals surface area contributed by atoms with Crippen LogP contribution in [0.25, 0.3) is 0 Å². The molecule has 0 radical (unpaired) electrons. The largest absolute Gasteiger partial charge is 0.508 e. The van der Waals surface area contributed by atoms with Gasteiger partial charge in [-0.3, -0.25) is 0 Å². The fraction of sp³-hybridized carbons (Fsp3) is 0.865. The number of hydrogen-bond acceptors (Lipinski definition) is 4. The average Bonchev–Trinajstić information content (AvgIpc) is 2.94. The quantitative estimate of drug-likeness (QED) is 0.0482. The van der Waals surface area contributed by atoms with Gasteiger partial charge in [0.1, 0.15) is 6.10 Å². The van der Waals surface area contributed by atoms with Crippen molar-refractivity contribution in [2.24, 2.45) is 0 Å². The summed E-state index contributed by atoms with van der Waals surface area (Å²) >= 11 is 0. The molecule has 0 aromatic rings. The molecule has 4 heteroatoms. The predicted molar refractivity (Wildman–Crippen MR) is 182 cm³/mol. The number of carbonyl (C=O) groups is 1. The van der Waals surface area contributed by atoms with E-state index in [0.717, 1.165) is 45.1 Å². The second-order valence-electron chi connectivity index (χ2n) is 12.0. The minimum atomic E-state index is -0.474. The molecule has 41 heavy (non-hydrogen) atoms. The van der Waals surface area contributed by atoms with Crippen molar-refractivity contribution in [1.29, 1.82) is 0 Å². The van der Waals surface area contributed by atoms with Gasteiger partial charge in [0.15, 0.2) is 0 Å². The van der Waals surface area contributed by atoms with Gasteiger partial charge in [0.25, 0.3) is 0 Å². The summed E-state index contributed by atoms with van der Waals surface area (Å²) in [6.07, 6.45) is 38.5. The third-order valence-corrected chi connectivity index (χ3v) is 7.59. The number of nitrogens with zero attached hydrogens (tertiary/aromatic N) is 1. The fourth-order valence-corrected chi connectivity index (χ4v) is 5.01. The Morgan fingerprint density at radius 2 is 1.05 bits per heavy atom. The van der Waals surface area contributed by atoms with Crippen molar-refractivity contribution in [3.8, 4) is 0 Å². The lowest BCUT2D eigenvalue weighted by molar-refractivity contribution is 0.0150. The van der Waals surface area contributed by atoms with E-state index in [0.29, 0.717) is 6.61 Å². The average molecular weight is 580 g/mol. The van der Waals surface area contributed by atoms with Crippen LogP contribution in [0.15, 0.2) is 24.3 Å². The highest BCUT2D eigenvalue weighted by Crippen LogP contribution is 2.18. The first kappa shape index (κ1) is 41.8. The molecule has 0 aliphatic heterocycles. The molecule has 0 heterocycles. The zero-order chi connectivity index (χ0) is 29.4. The Labute approximate surface area is 258 Å². The van der Waals surface area contributed by atoms with Gasteiger partial charge in [-0.1, -0.05) is 135 Å². The third kappa shape index (κ3) is 34.8. The Hall–Kier alpha value is -1.29. The third-order valence-electron chi connectivity index (χ3n) is 7.59. The van der Waals surface area contributed by atoms with E-state index >= 15 is 0 Å². The highest BCUT2D eigenvalue weighted by Gasteiger charge is 2.15. The lowest BCUT2D eigenvalue weighted by Crippen LogP contribution is -2.21. The monoisotopic (exact) mass is 580 g/mol. The number of carbonyl (C=O) groups excluding carboxylic acids is 1. The Morgan fingerprint density at radius 1 is 0.610 bits per heavy atom. The summed E-state index contributed by atoms with van der Waals surface area (Å²) < 4.78 is 11.1. The Bertz CT molecular complexity index is 573. The lowest BCUT2D eigenvalue weighted by Gasteiger charge is -2.18. The van der Waals surface area contributed by atoms with Crippen molar-refractivity contribution in [3.63, 3.8) is 0 Å². The summed E-state index contributed by atoms with van der Waals surface area (Å²) in [5, 5.41) is 0. The first-order valence-corrected chi connectivity index (χ1v) is 17.4. The lowest BCUT2D eigenvalue weighted by atomic mass is 10.0. The number of hydrogen-bond donors (Lipinski definition) is 0. The summed E-state index contributed by atoms with van der Waals surface area (Å²) in [5.41, 5.74) is 0. The smallest absolute Gasteiger partial charge is 0.434 e. The SMILES string of the molecule is C.CCCCC/C=C\C/C=C\CCCCCCCC(CCCCCCCCCCCC)OC(=O)OCCCN(C)C. The normalized spacial score (nSPS) is 12.3. The zero-order valence-electron chi connectivity index (χ0n) is 27.4. The maximum atomic E-state index is 12.3. The van der Waals surface area contributed by atoms with E-state index in [1.54, 1.807) is 0 Å². The van der Waals surface area contributed by atoms with Crippen LogP contribution in [0.5, 0.6) is 0 Å². The molecule has 244 valence electrons. The first-order valence-electron chi connectivity index (χ1n) is 17.4. The number of unbranched alkanes of at least 4 members (excludes halogenated alkanes) is 17. The molecule has 0 saturated carbocycles. The van der Waals surface area contributed by atoms with Crippen LogP contribution in [0.2, 0.25) is 0 Å². The summed E-state index contributed by atoms with van der Waals surface area (Å²) in [6, 6.07) is 0. The van der Waals surface area contributed by atoms with E-state index in [1.807, 2.05) is 14.1 Å². The molecule has 0 spiro atoms. The molecule has 0 fully saturated rings. The van der Waals surface area contributed by atoms with Crippen LogP contribution in [0.1, 0.15) is 175 Å². The van der Waals surface area contributed by atoms with Crippen LogP contribution in [0, 0.1) is 0 Å². The van der Waals surface area contributed by atoms with Crippen LogP contribution in [0.3, 0.4) is 0 Å². The zero-order valence-corrected chi connectivity index (χ0v) is 27.4. The number of ether oxygens (including phenoxy) is 2. The fourth-order valence-electron chi connectivity index (χ4n) is 5.01. The molecule has 0 rings (SSSR count). The number of allylic oxidation sites excluding steroid dienone is 4. The van der Waals surface area contributed by atoms with Crippen LogP contribution < -0.4 is 0 Å². The minimum Gasteiger partial charge on any atom is -0.434 e. The highest BCUT2D eigenvalue weighted by atomic mass is 16.7. The molecule has 0 aliphatic carbocycles. The van der Waals surface area contributed by atoms with Crippen LogP contribution in [-0.4, -0.2) is 44.4 Å². The molecule has 0 N–H and O–H groups in total. The van der Waals surface area contributed by atoms with Gasteiger partial charge < -0.3 is 14.4 Å². The first-order chi connectivity index (χ1) is 19.6. The molecule has 0 saturated heterocycles. The molecular formula is C37H73NO3. The number of rotatable bonds is 30. The van der Waals surface area contributed by atoms with Crippen LogP contribution in [-0.2, 0) is 9.47 Å².